The van der Waals surface area contributed by atoms with E-state index in [1.165, 1.54) is 11.3 Å². The number of allylic oxidation sites excluding steroid dienone is 2. The third-order valence-electron chi connectivity index (χ3n) is 6.01. The van der Waals surface area contributed by atoms with Gasteiger partial charge in [-0.2, -0.15) is 0 Å². The third kappa shape index (κ3) is 3.39. The maximum atomic E-state index is 13.2. The Bertz CT molecular complexity index is 1310. The number of hydrogen-bond donors (Lipinski definition) is 2. The van der Waals surface area contributed by atoms with Crippen LogP contribution in [0.3, 0.4) is 0 Å². The summed E-state index contributed by atoms with van der Waals surface area (Å²) in [7, 11) is 0. The van der Waals surface area contributed by atoms with Crippen molar-refractivity contribution in [1.29, 1.82) is 0 Å². The number of fused-ring (bicyclic) bond motifs is 1. The molecule has 0 saturated heterocycles. The second kappa shape index (κ2) is 7.20. The van der Waals surface area contributed by atoms with Crippen molar-refractivity contribution in [3.8, 4) is 0 Å². The number of H-pyrrole nitrogens is 1. The van der Waals surface area contributed by atoms with E-state index in [0.29, 0.717) is 36.3 Å². The summed E-state index contributed by atoms with van der Waals surface area (Å²) in [4.78, 5) is 42.6. The van der Waals surface area contributed by atoms with Crippen LogP contribution in [-0.2, 0) is 11.3 Å². The normalized spacial score (nSPS) is 19.5. The first kappa shape index (κ1) is 19.8. The zero-order chi connectivity index (χ0) is 21.8. The van der Waals surface area contributed by atoms with Crippen molar-refractivity contribution in [2.75, 3.05) is 5.32 Å². The summed E-state index contributed by atoms with van der Waals surface area (Å²) in [6, 6.07) is 13.5. The summed E-state index contributed by atoms with van der Waals surface area (Å²) >= 11 is 1.52. The molecule has 1 aliphatic heterocycles. The molecule has 1 atom stereocenters. The monoisotopic (exact) mass is 433 g/mol. The molecule has 3 aromatic rings. The Balaban J connectivity index is 1.76. The molecule has 2 aliphatic rings. The summed E-state index contributed by atoms with van der Waals surface area (Å²) in [6.45, 7) is 4.46. The molecule has 0 saturated carbocycles. The van der Waals surface area contributed by atoms with Crippen molar-refractivity contribution in [2.24, 2.45) is 5.41 Å². The standard InChI is InChI=1S/C24H23N3O3S/c1-24(2)11-15-18(16(28)12-24)19(17-9-6-10-31-17)20-21(25-15)27(23(30)26-22(20)29)13-14-7-4-3-5-8-14/h3-10,19,25H,11-13H2,1-2H3,(H,26,29,30)/t19-/m1/s1. The highest BCUT2D eigenvalue weighted by atomic mass is 32.1. The number of ketones is 1. The Morgan fingerprint density at radius 2 is 1.84 bits per heavy atom. The van der Waals surface area contributed by atoms with Gasteiger partial charge in [0.25, 0.3) is 5.56 Å². The van der Waals surface area contributed by atoms with Gasteiger partial charge < -0.3 is 5.32 Å². The van der Waals surface area contributed by atoms with Crippen molar-refractivity contribution < 1.29 is 4.79 Å². The van der Waals surface area contributed by atoms with Gasteiger partial charge in [0, 0.05) is 22.6 Å². The number of anilines is 1. The van der Waals surface area contributed by atoms with Crippen LogP contribution in [-0.4, -0.2) is 15.3 Å². The molecule has 7 heteroatoms. The van der Waals surface area contributed by atoms with Crippen molar-refractivity contribution in [1.82, 2.24) is 9.55 Å². The molecule has 0 fully saturated rings. The Hall–Kier alpha value is -3.19. The van der Waals surface area contributed by atoms with Gasteiger partial charge >= 0.3 is 5.69 Å². The number of nitrogens with one attached hydrogen (secondary N) is 2. The smallest absolute Gasteiger partial charge is 0.330 e. The fraction of sp³-hybridized carbons (Fsp3) is 0.292. The number of rotatable bonds is 3. The number of aromatic nitrogens is 2. The van der Waals surface area contributed by atoms with Crippen LogP contribution in [0.25, 0.3) is 0 Å². The predicted molar refractivity (Wildman–Crippen MR) is 122 cm³/mol. The van der Waals surface area contributed by atoms with E-state index in [0.717, 1.165) is 16.1 Å². The molecule has 1 aliphatic carbocycles. The molecule has 31 heavy (non-hydrogen) atoms. The summed E-state index contributed by atoms with van der Waals surface area (Å²) in [6.07, 6.45) is 1.12. The number of nitrogens with zero attached hydrogens (tertiary/aromatic N) is 1. The third-order valence-corrected chi connectivity index (χ3v) is 6.95. The molecule has 0 radical (unpaired) electrons. The number of carbonyl (C=O) groups is 1. The van der Waals surface area contributed by atoms with Gasteiger partial charge in [-0.1, -0.05) is 50.2 Å². The van der Waals surface area contributed by atoms with Crippen molar-refractivity contribution in [3.63, 3.8) is 0 Å². The SMILES string of the molecule is CC1(C)CC(=O)C2=C(C1)Nc1c(c(=O)[nH]c(=O)n1Cc1ccccc1)[C@@H]2c1cccs1. The van der Waals surface area contributed by atoms with E-state index in [-0.39, 0.29) is 11.2 Å². The maximum absolute atomic E-state index is 13.2. The van der Waals surface area contributed by atoms with Gasteiger partial charge in [-0.05, 0) is 28.8 Å². The van der Waals surface area contributed by atoms with Gasteiger partial charge in [0.1, 0.15) is 5.82 Å². The molecule has 2 N–H and O–H groups in total. The summed E-state index contributed by atoms with van der Waals surface area (Å²) < 4.78 is 1.57. The van der Waals surface area contributed by atoms with Crippen LogP contribution in [0, 0.1) is 5.41 Å². The molecule has 2 aromatic heterocycles. The topological polar surface area (TPSA) is 84.0 Å². The van der Waals surface area contributed by atoms with Gasteiger partial charge in [0.15, 0.2) is 5.78 Å². The van der Waals surface area contributed by atoms with Gasteiger partial charge in [-0.15, -0.1) is 11.3 Å². The Labute approximate surface area is 183 Å². The van der Waals surface area contributed by atoms with E-state index in [9.17, 15) is 14.4 Å². The van der Waals surface area contributed by atoms with E-state index in [1.807, 2.05) is 47.8 Å². The quantitative estimate of drug-likeness (QED) is 0.657. The molecule has 6 nitrogen and oxygen atoms in total. The van der Waals surface area contributed by atoms with Crippen LogP contribution in [0.1, 0.15) is 48.6 Å². The average Bonchev–Trinajstić information content (AvgIpc) is 3.24. The van der Waals surface area contributed by atoms with Crippen LogP contribution in [0.2, 0.25) is 0 Å². The molecular formula is C24H23N3O3S. The van der Waals surface area contributed by atoms with Crippen LogP contribution in [0.15, 0.2) is 68.7 Å². The lowest BCUT2D eigenvalue weighted by Crippen LogP contribution is -2.41. The number of benzene rings is 1. The van der Waals surface area contributed by atoms with E-state index in [1.54, 1.807) is 4.57 Å². The lowest BCUT2D eigenvalue weighted by molar-refractivity contribution is -0.118. The highest BCUT2D eigenvalue weighted by molar-refractivity contribution is 7.10. The largest absolute Gasteiger partial charge is 0.344 e. The number of aromatic amines is 1. The molecule has 158 valence electrons. The van der Waals surface area contributed by atoms with E-state index in [2.05, 4.69) is 24.1 Å². The highest BCUT2D eigenvalue weighted by Crippen LogP contribution is 2.48. The summed E-state index contributed by atoms with van der Waals surface area (Å²) in [5.41, 5.74) is 1.77. The minimum atomic E-state index is -0.471. The number of carbonyl (C=O) groups excluding carboxylic acids is 1. The van der Waals surface area contributed by atoms with Crippen LogP contribution >= 0.6 is 11.3 Å². The molecule has 1 aromatic carbocycles. The average molecular weight is 434 g/mol. The zero-order valence-electron chi connectivity index (χ0n) is 17.4. The van der Waals surface area contributed by atoms with Gasteiger partial charge in [0.05, 0.1) is 18.0 Å². The zero-order valence-corrected chi connectivity index (χ0v) is 18.2. The summed E-state index contributed by atoms with van der Waals surface area (Å²) in [5.74, 6) is 0.0736. The number of hydrogen-bond acceptors (Lipinski definition) is 5. The van der Waals surface area contributed by atoms with Gasteiger partial charge in [0.2, 0.25) is 0 Å². The maximum Gasteiger partial charge on any atom is 0.330 e. The molecule has 0 bridgehead atoms. The minimum absolute atomic E-state index is 0.0583. The molecule has 0 amide bonds. The molecule has 0 unspecified atom stereocenters. The second-order valence-corrected chi connectivity index (χ2v) is 9.98. The van der Waals surface area contributed by atoms with Crippen molar-refractivity contribution in [3.05, 3.63) is 96.0 Å². The van der Waals surface area contributed by atoms with Crippen molar-refractivity contribution in [2.45, 2.75) is 39.2 Å². The fourth-order valence-electron chi connectivity index (χ4n) is 4.71. The first-order chi connectivity index (χ1) is 14.8. The van der Waals surface area contributed by atoms with Crippen molar-refractivity contribution >= 4 is 22.9 Å². The van der Waals surface area contributed by atoms with Gasteiger partial charge in [-0.3, -0.25) is 19.1 Å². The van der Waals surface area contributed by atoms with E-state index < -0.39 is 17.2 Å². The first-order valence-electron chi connectivity index (χ1n) is 10.3. The number of Topliss-reactive ketones (excluding diaryl/α,β-unsaturated/α-hetero) is 1. The molecular weight excluding hydrogens is 410 g/mol. The van der Waals surface area contributed by atoms with E-state index >= 15 is 0 Å². The molecule has 0 spiro atoms. The summed E-state index contributed by atoms with van der Waals surface area (Å²) in [5, 5.41) is 5.30. The fourth-order valence-corrected chi connectivity index (χ4v) is 5.56. The van der Waals surface area contributed by atoms with Crippen LogP contribution in [0.4, 0.5) is 5.82 Å². The first-order valence-corrected chi connectivity index (χ1v) is 11.2. The van der Waals surface area contributed by atoms with Crippen LogP contribution < -0.4 is 16.6 Å². The molecule has 5 rings (SSSR count). The Kier molecular flexibility index (Phi) is 4.59. The Morgan fingerprint density at radius 3 is 2.55 bits per heavy atom. The number of thiophene rings is 1. The minimum Gasteiger partial charge on any atom is -0.344 e. The lowest BCUT2D eigenvalue weighted by atomic mass is 9.70. The highest BCUT2D eigenvalue weighted by Gasteiger charge is 2.43. The predicted octanol–water partition coefficient (Wildman–Crippen LogP) is 3.85. The lowest BCUT2D eigenvalue weighted by Gasteiger charge is -2.39. The van der Waals surface area contributed by atoms with Crippen LogP contribution in [0.5, 0.6) is 0 Å². The molecule has 3 heterocycles. The second-order valence-electron chi connectivity index (χ2n) is 9.00. The Morgan fingerprint density at radius 1 is 1.06 bits per heavy atom. The van der Waals surface area contributed by atoms with E-state index in [4.69, 9.17) is 0 Å². The van der Waals surface area contributed by atoms with Gasteiger partial charge in [-0.25, -0.2) is 4.79 Å².